The molecule has 0 aromatic heterocycles. The number of nitrogens with zero attached hydrogens (tertiary/aromatic N) is 1. The number of nitrogens with two attached hydrogens (primary N) is 2. The molecule has 7 N–H and O–H groups in total. The minimum atomic E-state index is -0.978. The summed E-state index contributed by atoms with van der Waals surface area (Å²) in [7, 11) is 0. The number of primary amides is 1. The van der Waals surface area contributed by atoms with Crippen LogP contribution in [0.5, 0.6) is 5.75 Å². The molecule has 2 aromatic rings. The van der Waals surface area contributed by atoms with Gasteiger partial charge in [0.05, 0.1) is 6.04 Å². The predicted octanol–water partition coefficient (Wildman–Crippen LogP) is 0.607. The molecule has 1 heterocycles. The van der Waals surface area contributed by atoms with Gasteiger partial charge in [-0.15, -0.1) is 0 Å². The highest BCUT2D eigenvalue weighted by Crippen LogP contribution is 2.20. The van der Waals surface area contributed by atoms with Crippen LogP contribution in [0.25, 0.3) is 0 Å². The SMILES string of the molecule is CC(C)[C@H](NC(=O)[C@H](Cc1ccccc1)NC(=O)[C@@H]1CCCN1C(=O)[C@@H](N)Cc1ccc(O)cc1)C(N)=O. The number of carbonyl (C=O) groups excluding carboxylic acids is 4. The molecule has 1 aliphatic heterocycles. The van der Waals surface area contributed by atoms with E-state index in [0.717, 1.165) is 11.1 Å². The summed E-state index contributed by atoms with van der Waals surface area (Å²) in [5.74, 6) is -2.11. The normalized spacial score (nSPS) is 17.5. The Bertz CT molecular complexity index is 1120. The van der Waals surface area contributed by atoms with Crippen molar-refractivity contribution in [3.63, 3.8) is 0 Å². The van der Waals surface area contributed by atoms with E-state index >= 15 is 0 Å². The number of benzene rings is 2. The van der Waals surface area contributed by atoms with Crippen LogP contribution in [0.15, 0.2) is 54.6 Å². The van der Waals surface area contributed by atoms with Gasteiger partial charge < -0.3 is 32.1 Å². The molecule has 0 saturated carbocycles. The van der Waals surface area contributed by atoms with Gasteiger partial charge in [-0.2, -0.15) is 0 Å². The minimum Gasteiger partial charge on any atom is -0.508 e. The zero-order valence-electron chi connectivity index (χ0n) is 21.8. The van der Waals surface area contributed by atoms with Crippen molar-refractivity contribution >= 4 is 23.6 Å². The summed E-state index contributed by atoms with van der Waals surface area (Å²) in [6.07, 6.45) is 1.53. The third-order valence-corrected chi connectivity index (χ3v) is 6.73. The molecule has 3 rings (SSSR count). The van der Waals surface area contributed by atoms with Crippen molar-refractivity contribution in [2.24, 2.45) is 17.4 Å². The third kappa shape index (κ3) is 7.55. The van der Waals surface area contributed by atoms with E-state index in [2.05, 4.69) is 10.6 Å². The van der Waals surface area contributed by atoms with Gasteiger partial charge in [-0.1, -0.05) is 56.3 Å². The molecule has 10 nitrogen and oxygen atoms in total. The summed E-state index contributed by atoms with van der Waals surface area (Å²) in [4.78, 5) is 53.1. The molecule has 0 aliphatic carbocycles. The van der Waals surface area contributed by atoms with E-state index in [1.807, 2.05) is 30.3 Å². The largest absolute Gasteiger partial charge is 0.508 e. The Kier molecular flexibility index (Phi) is 9.84. The fraction of sp³-hybridized carbons (Fsp3) is 0.429. The summed E-state index contributed by atoms with van der Waals surface area (Å²) in [6, 6.07) is 12.1. The van der Waals surface area contributed by atoms with Crippen molar-refractivity contribution in [3.8, 4) is 5.75 Å². The number of carbonyl (C=O) groups is 4. The summed E-state index contributed by atoms with van der Waals surface area (Å²) in [5.41, 5.74) is 13.3. The second-order valence-corrected chi connectivity index (χ2v) is 10.1. The smallest absolute Gasteiger partial charge is 0.243 e. The molecule has 0 bridgehead atoms. The first-order chi connectivity index (χ1) is 18.1. The second-order valence-electron chi connectivity index (χ2n) is 10.1. The molecule has 38 heavy (non-hydrogen) atoms. The number of phenolic OH excluding ortho intramolecular Hbond substituents is 1. The summed E-state index contributed by atoms with van der Waals surface area (Å²) >= 11 is 0. The van der Waals surface area contributed by atoms with Gasteiger partial charge in [0.25, 0.3) is 0 Å². The second kappa shape index (κ2) is 13.0. The number of nitrogens with one attached hydrogen (secondary N) is 2. The molecule has 0 spiro atoms. The Morgan fingerprint density at radius 3 is 2.21 bits per heavy atom. The van der Waals surface area contributed by atoms with Crippen LogP contribution in [0, 0.1) is 5.92 Å². The van der Waals surface area contributed by atoms with Crippen LogP contribution in [0.3, 0.4) is 0 Å². The average Bonchev–Trinajstić information content (AvgIpc) is 3.38. The van der Waals surface area contributed by atoms with Gasteiger partial charge in [0.1, 0.15) is 23.9 Å². The Hall–Kier alpha value is -3.92. The van der Waals surface area contributed by atoms with E-state index in [-0.39, 0.29) is 30.4 Å². The van der Waals surface area contributed by atoms with Crippen LogP contribution in [-0.4, -0.2) is 64.3 Å². The summed E-state index contributed by atoms with van der Waals surface area (Å²) < 4.78 is 0. The Labute approximate surface area is 222 Å². The summed E-state index contributed by atoms with van der Waals surface area (Å²) in [5, 5.41) is 14.9. The number of likely N-dealkylation sites (tertiary alicyclic amines) is 1. The average molecular weight is 524 g/mol. The maximum atomic E-state index is 13.4. The quantitative estimate of drug-likeness (QED) is 0.289. The van der Waals surface area contributed by atoms with Gasteiger partial charge in [0.2, 0.25) is 23.6 Å². The van der Waals surface area contributed by atoms with E-state index in [1.165, 1.54) is 17.0 Å². The number of rotatable bonds is 11. The molecule has 0 radical (unpaired) electrons. The van der Waals surface area contributed by atoms with Gasteiger partial charge in [-0.3, -0.25) is 19.2 Å². The highest BCUT2D eigenvalue weighted by atomic mass is 16.3. The lowest BCUT2D eigenvalue weighted by atomic mass is 10.0. The fourth-order valence-corrected chi connectivity index (χ4v) is 4.64. The van der Waals surface area contributed by atoms with Gasteiger partial charge in [0.15, 0.2) is 0 Å². The Morgan fingerprint density at radius 2 is 1.61 bits per heavy atom. The van der Waals surface area contributed by atoms with Crippen LogP contribution in [0.1, 0.15) is 37.8 Å². The van der Waals surface area contributed by atoms with Crippen LogP contribution >= 0.6 is 0 Å². The molecule has 204 valence electrons. The molecule has 1 fully saturated rings. The van der Waals surface area contributed by atoms with Crippen LogP contribution in [-0.2, 0) is 32.0 Å². The van der Waals surface area contributed by atoms with E-state index < -0.39 is 41.9 Å². The highest BCUT2D eigenvalue weighted by molar-refractivity contribution is 5.95. The van der Waals surface area contributed by atoms with Crippen molar-refractivity contribution in [3.05, 3.63) is 65.7 Å². The number of aromatic hydroxyl groups is 1. The maximum absolute atomic E-state index is 13.4. The van der Waals surface area contributed by atoms with Crippen LogP contribution in [0.2, 0.25) is 0 Å². The minimum absolute atomic E-state index is 0.120. The van der Waals surface area contributed by atoms with E-state index in [1.54, 1.807) is 26.0 Å². The first-order valence-electron chi connectivity index (χ1n) is 12.8. The zero-order chi connectivity index (χ0) is 27.8. The first-order valence-corrected chi connectivity index (χ1v) is 12.8. The highest BCUT2D eigenvalue weighted by Gasteiger charge is 2.38. The standard InChI is InChI=1S/C28H37N5O5/c1-17(2)24(25(30)35)32-26(36)22(16-18-7-4-3-5-8-18)31-27(37)23-9-6-14-33(23)28(38)21(29)15-19-10-12-20(34)13-11-19/h3-5,7-8,10-13,17,21-24,34H,6,9,14-16,29H2,1-2H3,(H2,30,35)(H,31,37)(H,32,36)/t21-,22-,23-,24-/m0/s1. The molecule has 4 atom stereocenters. The molecular formula is C28H37N5O5. The zero-order valence-corrected chi connectivity index (χ0v) is 21.8. The van der Waals surface area contributed by atoms with Gasteiger partial charge in [0, 0.05) is 13.0 Å². The van der Waals surface area contributed by atoms with Gasteiger partial charge >= 0.3 is 0 Å². The molecule has 4 amide bonds. The lowest BCUT2D eigenvalue weighted by Gasteiger charge is -2.29. The van der Waals surface area contributed by atoms with Gasteiger partial charge in [-0.25, -0.2) is 0 Å². The van der Waals surface area contributed by atoms with E-state index in [9.17, 15) is 24.3 Å². The lowest BCUT2D eigenvalue weighted by molar-refractivity contribution is -0.140. The molecule has 2 aromatic carbocycles. The molecule has 0 unspecified atom stereocenters. The lowest BCUT2D eigenvalue weighted by Crippen LogP contribution is -2.58. The molecule has 1 aliphatic rings. The third-order valence-electron chi connectivity index (χ3n) is 6.73. The van der Waals surface area contributed by atoms with Gasteiger partial charge in [-0.05, 0) is 48.4 Å². The van der Waals surface area contributed by atoms with E-state index in [4.69, 9.17) is 11.5 Å². The molecule has 1 saturated heterocycles. The van der Waals surface area contributed by atoms with Crippen molar-refractivity contribution < 1.29 is 24.3 Å². The van der Waals surface area contributed by atoms with Crippen molar-refractivity contribution in [2.75, 3.05) is 6.54 Å². The number of hydrogen-bond acceptors (Lipinski definition) is 6. The van der Waals surface area contributed by atoms with E-state index in [0.29, 0.717) is 19.4 Å². The maximum Gasteiger partial charge on any atom is 0.243 e. The van der Waals surface area contributed by atoms with Crippen molar-refractivity contribution in [1.29, 1.82) is 0 Å². The topological polar surface area (TPSA) is 168 Å². The Morgan fingerprint density at radius 1 is 0.974 bits per heavy atom. The first kappa shape index (κ1) is 28.6. The predicted molar refractivity (Wildman–Crippen MR) is 143 cm³/mol. The monoisotopic (exact) mass is 523 g/mol. The van der Waals surface area contributed by atoms with Crippen molar-refractivity contribution in [2.45, 2.75) is 63.7 Å². The number of hydrogen-bond donors (Lipinski definition) is 5. The molecular weight excluding hydrogens is 486 g/mol. The Balaban J connectivity index is 1.72. The molecule has 10 heteroatoms. The van der Waals surface area contributed by atoms with Crippen LogP contribution in [0.4, 0.5) is 0 Å². The number of phenols is 1. The summed E-state index contributed by atoms with van der Waals surface area (Å²) in [6.45, 7) is 3.92. The number of amides is 4. The van der Waals surface area contributed by atoms with Crippen molar-refractivity contribution in [1.82, 2.24) is 15.5 Å². The van der Waals surface area contributed by atoms with Crippen LogP contribution < -0.4 is 22.1 Å². The fourth-order valence-electron chi connectivity index (χ4n) is 4.64.